The standard InChI is InChI=1S/C14H24N2O3/c1-9(2)13-14(18)16(8-12(17)15-13)10-5-4-6-11(7-10)19-3/h9-11,13H,4-8H2,1-3H3,(H,15,17). The molecule has 0 spiro atoms. The quantitative estimate of drug-likeness (QED) is 0.828. The summed E-state index contributed by atoms with van der Waals surface area (Å²) in [6.07, 6.45) is 4.15. The van der Waals surface area contributed by atoms with Gasteiger partial charge in [0.2, 0.25) is 11.8 Å². The van der Waals surface area contributed by atoms with E-state index >= 15 is 0 Å². The van der Waals surface area contributed by atoms with E-state index < -0.39 is 0 Å². The highest BCUT2D eigenvalue weighted by Gasteiger charge is 2.39. The Labute approximate surface area is 114 Å². The van der Waals surface area contributed by atoms with E-state index in [1.807, 2.05) is 13.8 Å². The maximum absolute atomic E-state index is 12.5. The maximum atomic E-state index is 12.5. The molecule has 5 nitrogen and oxygen atoms in total. The Bertz CT molecular complexity index is 357. The van der Waals surface area contributed by atoms with Crippen LogP contribution in [0.5, 0.6) is 0 Å². The fraction of sp³-hybridized carbons (Fsp3) is 0.857. The van der Waals surface area contributed by atoms with E-state index in [0.717, 1.165) is 25.7 Å². The van der Waals surface area contributed by atoms with E-state index in [2.05, 4.69) is 5.32 Å². The smallest absolute Gasteiger partial charge is 0.246 e. The zero-order valence-corrected chi connectivity index (χ0v) is 12.0. The number of hydrogen-bond acceptors (Lipinski definition) is 3. The minimum Gasteiger partial charge on any atom is -0.381 e. The van der Waals surface area contributed by atoms with Gasteiger partial charge in [-0.3, -0.25) is 9.59 Å². The molecule has 1 N–H and O–H groups in total. The van der Waals surface area contributed by atoms with Crippen LogP contribution in [-0.4, -0.2) is 48.6 Å². The SMILES string of the molecule is COC1CCCC(N2CC(=O)NC(C(C)C)C2=O)C1. The molecule has 2 amide bonds. The minimum absolute atomic E-state index is 0.0437. The van der Waals surface area contributed by atoms with Crippen LogP contribution in [-0.2, 0) is 14.3 Å². The molecule has 0 radical (unpaired) electrons. The van der Waals surface area contributed by atoms with Gasteiger partial charge in [0.25, 0.3) is 0 Å². The molecule has 1 saturated heterocycles. The zero-order valence-electron chi connectivity index (χ0n) is 12.0. The molecule has 1 aliphatic heterocycles. The number of nitrogens with one attached hydrogen (secondary N) is 1. The third kappa shape index (κ3) is 3.08. The molecule has 0 aromatic carbocycles. The van der Waals surface area contributed by atoms with Crippen molar-refractivity contribution in [2.45, 2.75) is 57.7 Å². The van der Waals surface area contributed by atoms with Gasteiger partial charge < -0.3 is 15.0 Å². The largest absolute Gasteiger partial charge is 0.381 e. The van der Waals surface area contributed by atoms with Crippen LogP contribution in [0.25, 0.3) is 0 Å². The number of hydrogen-bond donors (Lipinski definition) is 1. The number of piperazine rings is 1. The van der Waals surface area contributed by atoms with Gasteiger partial charge in [0.15, 0.2) is 0 Å². The Kier molecular flexibility index (Phi) is 4.45. The lowest BCUT2D eigenvalue weighted by molar-refractivity contribution is -0.149. The van der Waals surface area contributed by atoms with Gasteiger partial charge in [0.05, 0.1) is 12.6 Å². The fourth-order valence-corrected chi connectivity index (χ4v) is 3.07. The van der Waals surface area contributed by atoms with Crippen LogP contribution >= 0.6 is 0 Å². The van der Waals surface area contributed by atoms with E-state index in [1.165, 1.54) is 0 Å². The molecule has 108 valence electrons. The Morgan fingerprint density at radius 1 is 1.32 bits per heavy atom. The average Bonchev–Trinajstić information content (AvgIpc) is 2.40. The van der Waals surface area contributed by atoms with Gasteiger partial charge in [-0.2, -0.15) is 0 Å². The molecule has 2 fully saturated rings. The zero-order chi connectivity index (χ0) is 14.0. The molecule has 0 aromatic heterocycles. The first-order valence-corrected chi connectivity index (χ1v) is 7.15. The predicted molar refractivity (Wildman–Crippen MR) is 71.5 cm³/mol. The topological polar surface area (TPSA) is 58.6 Å². The molecule has 2 aliphatic rings. The Balaban J connectivity index is 2.09. The van der Waals surface area contributed by atoms with Crippen molar-refractivity contribution in [1.29, 1.82) is 0 Å². The van der Waals surface area contributed by atoms with Crippen molar-refractivity contribution in [1.82, 2.24) is 10.2 Å². The molecule has 3 unspecified atom stereocenters. The molecule has 5 heteroatoms. The summed E-state index contributed by atoms with van der Waals surface area (Å²) in [5, 5.41) is 2.80. The van der Waals surface area contributed by atoms with Gasteiger partial charge in [-0.15, -0.1) is 0 Å². The lowest BCUT2D eigenvalue weighted by Gasteiger charge is -2.42. The van der Waals surface area contributed by atoms with Gasteiger partial charge >= 0.3 is 0 Å². The summed E-state index contributed by atoms with van der Waals surface area (Å²) in [6.45, 7) is 4.12. The van der Waals surface area contributed by atoms with Crippen LogP contribution in [0.1, 0.15) is 39.5 Å². The van der Waals surface area contributed by atoms with Crippen LogP contribution < -0.4 is 5.32 Å². The van der Waals surface area contributed by atoms with Gasteiger partial charge in [0, 0.05) is 13.2 Å². The van der Waals surface area contributed by atoms with Crippen molar-refractivity contribution in [3.05, 3.63) is 0 Å². The van der Waals surface area contributed by atoms with Crippen LogP contribution in [0.2, 0.25) is 0 Å². The van der Waals surface area contributed by atoms with Gasteiger partial charge in [-0.25, -0.2) is 0 Å². The number of rotatable bonds is 3. The summed E-state index contributed by atoms with van der Waals surface area (Å²) in [5.74, 6) is 0.148. The van der Waals surface area contributed by atoms with Gasteiger partial charge in [-0.05, 0) is 31.6 Å². The monoisotopic (exact) mass is 268 g/mol. The van der Waals surface area contributed by atoms with E-state index in [9.17, 15) is 9.59 Å². The Hall–Kier alpha value is -1.10. The first kappa shape index (κ1) is 14.3. The lowest BCUT2D eigenvalue weighted by atomic mass is 9.90. The summed E-state index contributed by atoms with van der Waals surface area (Å²) < 4.78 is 5.41. The third-order valence-electron chi connectivity index (χ3n) is 4.22. The summed E-state index contributed by atoms with van der Waals surface area (Å²) in [7, 11) is 1.72. The molecule has 0 aromatic rings. The van der Waals surface area contributed by atoms with Crippen molar-refractivity contribution in [2.24, 2.45) is 5.92 Å². The number of methoxy groups -OCH3 is 1. The Morgan fingerprint density at radius 2 is 2.05 bits per heavy atom. The highest BCUT2D eigenvalue weighted by Crippen LogP contribution is 2.27. The lowest BCUT2D eigenvalue weighted by Crippen LogP contribution is -2.62. The van der Waals surface area contributed by atoms with Gasteiger partial charge in [-0.1, -0.05) is 13.8 Å². The molecular weight excluding hydrogens is 244 g/mol. The van der Waals surface area contributed by atoms with Crippen LogP contribution in [0.3, 0.4) is 0 Å². The number of amides is 2. The number of ether oxygens (including phenoxy) is 1. The van der Waals surface area contributed by atoms with Crippen LogP contribution in [0.15, 0.2) is 0 Å². The van der Waals surface area contributed by atoms with Gasteiger partial charge in [0.1, 0.15) is 6.04 Å². The van der Waals surface area contributed by atoms with Crippen molar-refractivity contribution < 1.29 is 14.3 Å². The average molecular weight is 268 g/mol. The highest BCUT2D eigenvalue weighted by molar-refractivity contribution is 5.95. The van der Waals surface area contributed by atoms with E-state index in [0.29, 0.717) is 0 Å². The third-order valence-corrected chi connectivity index (χ3v) is 4.22. The second kappa shape index (κ2) is 5.90. The molecule has 1 aliphatic carbocycles. The summed E-state index contributed by atoms with van der Waals surface area (Å²) in [5.41, 5.74) is 0. The van der Waals surface area contributed by atoms with Crippen LogP contribution in [0.4, 0.5) is 0 Å². The Morgan fingerprint density at radius 3 is 2.68 bits per heavy atom. The number of carbonyl (C=O) groups excluding carboxylic acids is 2. The summed E-state index contributed by atoms with van der Waals surface area (Å²) >= 11 is 0. The van der Waals surface area contributed by atoms with Crippen LogP contribution in [0, 0.1) is 5.92 Å². The highest BCUT2D eigenvalue weighted by atomic mass is 16.5. The first-order chi connectivity index (χ1) is 9.02. The second-order valence-corrected chi connectivity index (χ2v) is 5.93. The molecule has 0 bridgehead atoms. The van der Waals surface area contributed by atoms with E-state index in [1.54, 1.807) is 12.0 Å². The fourth-order valence-electron chi connectivity index (χ4n) is 3.07. The van der Waals surface area contributed by atoms with Crippen molar-refractivity contribution in [2.75, 3.05) is 13.7 Å². The second-order valence-electron chi connectivity index (χ2n) is 5.93. The van der Waals surface area contributed by atoms with Crippen molar-refractivity contribution in [3.63, 3.8) is 0 Å². The minimum atomic E-state index is -0.371. The molecule has 2 rings (SSSR count). The number of carbonyl (C=O) groups is 2. The molecule has 1 heterocycles. The molecule has 19 heavy (non-hydrogen) atoms. The maximum Gasteiger partial charge on any atom is 0.246 e. The van der Waals surface area contributed by atoms with E-state index in [4.69, 9.17) is 4.74 Å². The summed E-state index contributed by atoms with van der Waals surface area (Å²) in [6, 6.07) is -0.220. The molecule has 1 saturated carbocycles. The van der Waals surface area contributed by atoms with Crippen molar-refractivity contribution in [3.8, 4) is 0 Å². The summed E-state index contributed by atoms with van der Waals surface area (Å²) in [4.78, 5) is 26.0. The molecular formula is C14H24N2O3. The normalized spacial score (nSPS) is 32.6. The van der Waals surface area contributed by atoms with E-state index in [-0.39, 0.29) is 42.5 Å². The first-order valence-electron chi connectivity index (χ1n) is 7.15. The molecule has 3 atom stereocenters. The predicted octanol–water partition coefficient (Wildman–Crippen LogP) is 0.927. The van der Waals surface area contributed by atoms with Crippen molar-refractivity contribution >= 4 is 11.8 Å². The number of nitrogens with zero attached hydrogens (tertiary/aromatic N) is 1.